The van der Waals surface area contributed by atoms with E-state index in [-0.39, 0.29) is 18.2 Å². The van der Waals surface area contributed by atoms with Crippen molar-refractivity contribution in [1.82, 2.24) is 4.90 Å². The second kappa shape index (κ2) is 11.6. The molecule has 0 atom stereocenters. The van der Waals surface area contributed by atoms with Crippen LogP contribution in [0.25, 0.3) is 0 Å². The minimum absolute atomic E-state index is 0.0452. The predicted octanol–water partition coefficient (Wildman–Crippen LogP) is 6.32. The summed E-state index contributed by atoms with van der Waals surface area (Å²) in [6.07, 6.45) is 4.41. The molecule has 3 aromatic carbocycles. The lowest BCUT2D eigenvalue weighted by atomic mass is 9.78. The molecule has 0 bridgehead atoms. The fourth-order valence-corrected chi connectivity index (χ4v) is 5.09. The molecule has 2 amide bonds. The fraction of sp³-hybridized carbons (Fsp3) is 0.333. The third-order valence-corrected chi connectivity index (χ3v) is 7.27. The number of carbonyl (C=O) groups excluding carboxylic acids is 2. The van der Waals surface area contributed by atoms with Crippen LogP contribution in [0.2, 0.25) is 5.02 Å². The molecule has 3 aromatic rings. The molecule has 1 fully saturated rings. The molecule has 4 rings (SSSR count). The van der Waals surface area contributed by atoms with E-state index >= 15 is 0 Å². The van der Waals surface area contributed by atoms with Gasteiger partial charge in [-0.3, -0.25) is 9.59 Å². The van der Waals surface area contributed by atoms with Crippen molar-refractivity contribution in [3.63, 3.8) is 0 Å². The van der Waals surface area contributed by atoms with Gasteiger partial charge >= 0.3 is 0 Å². The van der Waals surface area contributed by atoms with Crippen LogP contribution in [0, 0.1) is 0 Å². The minimum atomic E-state index is -0.913. The summed E-state index contributed by atoms with van der Waals surface area (Å²) in [6, 6.07) is 25.0. The maximum absolute atomic E-state index is 14.0. The number of nitrogens with zero attached hydrogens (tertiary/aromatic N) is 2. The van der Waals surface area contributed by atoms with Gasteiger partial charge in [0.1, 0.15) is 5.54 Å². The van der Waals surface area contributed by atoms with Crippen molar-refractivity contribution in [1.29, 1.82) is 0 Å². The van der Waals surface area contributed by atoms with Crippen LogP contribution in [-0.2, 0) is 22.6 Å². The molecule has 5 nitrogen and oxygen atoms in total. The summed E-state index contributed by atoms with van der Waals surface area (Å²) >= 11 is 6.12. The zero-order valence-corrected chi connectivity index (χ0v) is 21.8. The molecule has 1 saturated carbocycles. The monoisotopic (exact) mass is 503 g/mol. The molecular formula is C30H34ClN3O2. The zero-order chi connectivity index (χ0) is 25.5. The topological polar surface area (TPSA) is 52.7 Å². The molecule has 0 spiro atoms. The molecule has 0 radical (unpaired) electrons. The third-order valence-electron chi connectivity index (χ3n) is 7.01. The van der Waals surface area contributed by atoms with Gasteiger partial charge in [0, 0.05) is 37.0 Å². The molecular weight excluding hydrogens is 470 g/mol. The van der Waals surface area contributed by atoms with E-state index in [9.17, 15) is 9.59 Å². The molecule has 6 heteroatoms. The van der Waals surface area contributed by atoms with Gasteiger partial charge < -0.3 is 15.1 Å². The van der Waals surface area contributed by atoms with E-state index in [0.717, 1.165) is 41.8 Å². The average Bonchev–Trinajstić information content (AvgIpc) is 2.89. The summed E-state index contributed by atoms with van der Waals surface area (Å²) < 4.78 is 0. The first-order valence-electron chi connectivity index (χ1n) is 12.5. The zero-order valence-electron chi connectivity index (χ0n) is 21.0. The van der Waals surface area contributed by atoms with Gasteiger partial charge in [-0.2, -0.15) is 0 Å². The van der Waals surface area contributed by atoms with Gasteiger partial charge in [-0.15, -0.1) is 0 Å². The summed E-state index contributed by atoms with van der Waals surface area (Å²) in [6.45, 7) is 0.357. The van der Waals surface area contributed by atoms with E-state index in [1.54, 1.807) is 0 Å². The largest absolute Gasteiger partial charge is 0.378 e. The predicted molar refractivity (Wildman–Crippen MR) is 147 cm³/mol. The van der Waals surface area contributed by atoms with Crippen molar-refractivity contribution in [3.05, 3.63) is 95.0 Å². The second-order valence-electron chi connectivity index (χ2n) is 9.76. The summed E-state index contributed by atoms with van der Waals surface area (Å²) in [7, 11) is 3.97. The first-order chi connectivity index (χ1) is 17.4. The van der Waals surface area contributed by atoms with E-state index in [0.29, 0.717) is 24.4 Å². The molecule has 188 valence electrons. The minimum Gasteiger partial charge on any atom is -0.378 e. The van der Waals surface area contributed by atoms with Crippen LogP contribution in [0.15, 0.2) is 78.9 Å². The van der Waals surface area contributed by atoms with E-state index in [2.05, 4.69) is 5.32 Å². The molecule has 0 heterocycles. The molecule has 0 unspecified atom stereocenters. The number of hydrogen-bond acceptors (Lipinski definition) is 3. The number of anilines is 2. The number of amides is 2. The van der Waals surface area contributed by atoms with Crippen molar-refractivity contribution in [2.75, 3.05) is 24.3 Å². The van der Waals surface area contributed by atoms with Crippen molar-refractivity contribution in [3.8, 4) is 0 Å². The number of benzene rings is 3. The highest BCUT2D eigenvalue weighted by molar-refractivity contribution is 6.30. The Kier molecular flexibility index (Phi) is 8.32. The van der Waals surface area contributed by atoms with Crippen LogP contribution in [0.4, 0.5) is 11.4 Å². The fourth-order valence-electron chi connectivity index (χ4n) is 4.96. The van der Waals surface area contributed by atoms with Gasteiger partial charge in [-0.1, -0.05) is 73.3 Å². The Labute approximate surface area is 219 Å². The second-order valence-corrected chi connectivity index (χ2v) is 10.2. The average molecular weight is 504 g/mol. The van der Waals surface area contributed by atoms with Gasteiger partial charge in [0.15, 0.2) is 0 Å². The number of nitrogens with one attached hydrogen (secondary N) is 1. The van der Waals surface area contributed by atoms with Crippen LogP contribution in [0.3, 0.4) is 0 Å². The molecule has 36 heavy (non-hydrogen) atoms. The summed E-state index contributed by atoms with van der Waals surface area (Å²) in [5.74, 6) is -0.161. The van der Waals surface area contributed by atoms with E-state index in [1.807, 2.05) is 103 Å². The number of carbonyl (C=O) groups is 2. The Bertz CT molecular complexity index is 1160. The lowest BCUT2D eigenvalue weighted by molar-refractivity contribution is -0.148. The van der Waals surface area contributed by atoms with Crippen molar-refractivity contribution in [2.24, 2.45) is 0 Å². The lowest BCUT2D eigenvalue weighted by Gasteiger charge is -2.45. The van der Waals surface area contributed by atoms with E-state index in [1.165, 1.54) is 0 Å². The lowest BCUT2D eigenvalue weighted by Crippen LogP contribution is -2.60. The standard InChI is InChI=1S/C30H34ClN3O2/c1-33(2)27-17-15-26(16-18-27)32-29(36)30(19-7-4-8-20-30)34(22-24-11-13-25(31)14-12-24)28(35)21-23-9-5-3-6-10-23/h3,5-6,9-18H,4,7-8,19-22H2,1-2H3,(H,32,36). The first kappa shape index (κ1) is 25.8. The van der Waals surface area contributed by atoms with Gasteiger partial charge in [-0.05, 0) is 60.4 Å². The summed E-state index contributed by atoms with van der Waals surface area (Å²) in [4.78, 5) is 31.7. The normalized spacial score (nSPS) is 14.6. The van der Waals surface area contributed by atoms with Crippen LogP contribution >= 0.6 is 11.6 Å². The SMILES string of the molecule is CN(C)c1ccc(NC(=O)C2(N(Cc3ccc(Cl)cc3)C(=O)Cc3ccccc3)CCCCC2)cc1. The van der Waals surface area contributed by atoms with Crippen LogP contribution < -0.4 is 10.2 Å². The number of hydrogen-bond donors (Lipinski definition) is 1. The third kappa shape index (κ3) is 6.08. The van der Waals surface area contributed by atoms with Crippen molar-refractivity contribution < 1.29 is 9.59 Å². The molecule has 0 aliphatic heterocycles. The van der Waals surface area contributed by atoms with Gasteiger partial charge in [0.05, 0.1) is 6.42 Å². The molecule has 1 aliphatic carbocycles. The Hall–Kier alpha value is -3.31. The van der Waals surface area contributed by atoms with Gasteiger partial charge in [0.2, 0.25) is 11.8 Å². The molecule has 1 aliphatic rings. The van der Waals surface area contributed by atoms with Crippen LogP contribution in [0.5, 0.6) is 0 Å². The molecule has 1 N–H and O–H groups in total. The van der Waals surface area contributed by atoms with Gasteiger partial charge in [0.25, 0.3) is 0 Å². The Morgan fingerprint density at radius 1 is 0.833 bits per heavy atom. The highest BCUT2D eigenvalue weighted by atomic mass is 35.5. The summed E-state index contributed by atoms with van der Waals surface area (Å²) in [5.41, 5.74) is 2.77. The Morgan fingerprint density at radius 2 is 1.47 bits per heavy atom. The van der Waals surface area contributed by atoms with Crippen molar-refractivity contribution in [2.45, 2.75) is 50.6 Å². The number of halogens is 1. The van der Waals surface area contributed by atoms with E-state index < -0.39 is 5.54 Å². The summed E-state index contributed by atoms with van der Waals surface area (Å²) in [5, 5.41) is 3.79. The van der Waals surface area contributed by atoms with Crippen molar-refractivity contribution >= 4 is 34.8 Å². The van der Waals surface area contributed by atoms with Crippen LogP contribution in [0.1, 0.15) is 43.2 Å². The quantitative estimate of drug-likeness (QED) is 0.391. The maximum Gasteiger partial charge on any atom is 0.250 e. The Balaban J connectivity index is 1.67. The van der Waals surface area contributed by atoms with Crippen LogP contribution in [-0.4, -0.2) is 36.3 Å². The first-order valence-corrected chi connectivity index (χ1v) is 12.9. The number of rotatable bonds is 8. The highest BCUT2D eigenvalue weighted by Gasteiger charge is 2.46. The van der Waals surface area contributed by atoms with E-state index in [4.69, 9.17) is 11.6 Å². The smallest absolute Gasteiger partial charge is 0.250 e. The highest BCUT2D eigenvalue weighted by Crippen LogP contribution is 2.37. The van der Waals surface area contributed by atoms with Gasteiger partial charge in [-0.25, -0.2) is 0 Å². The molecule has 0 aromatic heterocycles. The Morgan fingerprint density at radius 3 is 2.08 bits per heavy atom. The molecule has 0 saturated heterocycles. The maximum atomic E-state index is 14.0.